The van der Waals surface area contributed by atoms with Gasteiger partial charge in [0.2, 0.25) is 0 Å². The summed E-state index contributed by atoms with van der Waals surface area (Å²) in [6.45, 7) is -0.616. The Morgan fingerprint density at radius 2 is 2.43 bits per heavy atom. The van der Waals surface area contributed by atoms with Crippen molar-refractivity contribution in [3.63, 3.8) is 0 Å². The standard InChI is InChI=1S/C11H13N7O3/c12-10-7-2-1-6(18(7)15-5-14-10)8-3-9(20)11(4-19,21-8)16-17-13/h1-2,5,8-9,19-20H,3-4H2,(H2,12,14,15)/t8-,9+,11-/m1/s1. The number of hydrogen-bond donors (Lipinski definition) is 3. The van der Waals surface area contributed by atoms with Crippen molar-refractivity contribution in [1.82, 2.24) is 14.6 Å². The molecule has 1 aliphatic heterocycles. The van der Waals surface area contributed by atoms with Crippen LogP contribution in [0.3, 0.4) is 0 Å². The van der Waals surface area contributed by atoms with Gasteiger partial charge in [-0.15, -0.1) is 0 Å². The molecule has 21 heavy (non-hydrogen) atoms. The van der Waals surface area contributed by atoms with Crippen molar-refractivity contribution in [2.75, 3.05) is 12.3 Å². The SMILES string of the molecule is [N-]=[N+]=N[C@]1(CO)O[C@@H](c2ccc3c(N)ncnn23)C[C@@H]1O. The highest BCUT2D eigenvalue weighted by atomic mass is 16.6. The maximum atomic E-state index is 10.0. The lowest BCUT2D eigenvalue weighted by Gasteiger charge is -2.23. The number of nitrogen functional groups attached to an aromatic ring is 1. The van der Waals surface area contributed by atoms with Crippen molar-refractivity contribution >= 4 is 11.3 Å². The highest BCUT2D eigenvalue weighted by molar-refractivity contribution is 5.65. The summed E-state index contributed by atoms with van der Waals surface area (Å²) < 4.78 is 7.15. The third-order valence-electron chi connectivity index (χ3n) is 3.59. The quantitative estimate of drug-likeness (QED) is 0.414. The van der Waals surface area contributed by atoms with Crippen LogP contribution in [0.1, 0.15) is 18.2 Å². The highest BCUT2D eigenvalue weighted by Crippen LogP contribution is 2.41. The second-order valence-electron chi connectivity index (χ2n) is 4.75. The highest BCUT2D eigenvalue weighted by Gasteiger charge is 2.48. The van der Waals surface area contributed by atoms with Gasteiger partial charge >= 0.3 is 0 Å². The number of rotatable bonds is 3. The largest absolute Gasteiger partial charge is 0.393 e. The lowest BCUT2D eigenvalue weighted by atomic mass is 10.1. The summed E-state index contributed by atoms with van der Waals surface area (Å²) in [5.41, 5.74) is 13.9. The zero-order chi connectivity index (χ0) is 15.0. The Bertz CT molecular complexity index is 726. The van der Waals surface area contributed by atoms with E-state index < -0.39 is 24.5 Å². The number of hydrogen-bond acceptors (Lipinski definition) is 7. The first-order chi connectivity index (χ1) is 10.1. The van der Waals surface area contributed by atoms with Crippen LogP contribution in [0.15, 0.2) is 23.6 Å². The topological polar surface area (TPSA) is 155 Å². The van der Waals surface area contributed by atoms with Gasteiger partial charge in [0.1, 0.15) is 17.9 Å². The Hall–Kier alpha value is -2.39. The van der Waals surface area contributed by atoms with Crippen molar-refractivity contribution in [2.45, 2.75) is 24.4 Å². The molecule has 3 rings (SSSR count). The summed E-state index contributed by atoms with van der Waals surface area (Å²) in [6, 6.07) is 3.47. The lowest BCUT2D eigenvalue weighted by Crippen LogP contribution is -2.40. The van der Waals surface area contributed by atoms with Crippen LogP contribution in [-0.4, -0.2) is 43.2 Å². The van der Waals surface area contributed by atoms with Gasteiger partial charge < -0.3 is 20.7 Å². The molecule has 0 aliphatic carbocycles. The Balaban J connectivity index is 2.02. The van der Waals surface area contributed by atoms with E-state index in [-0.39, 0.29) is 6.42 Å². The maximum Gasteiger partial charge on any atom is 0.196 e. The molecule has 10 heteroatoms. The molecule has 110 valence electrons. The molecule has 4 N–H and O–H groups in total. The molecule has 0 bridgehead atoms. The molecule has 3 heterocycles. The summed E-state index contributed by atoms with van der Waals surface area (Å²) in [4.78, 5) is 6.52. The van der Waals surface area contributed by atoms with E-state index in [1.807, 2.05) is 0 Å². The van der Waals surface area contributed by atoms with E-state index in [9.17, 15) is 10.2 Å². The molecular formula is C11H13N7O3. The first-order valence-electron chi connectivity index (χ1n) is 6.22. The average Bonchev–Trinajstić information content (AvgIpc) is 3.03. The van der Waals surface area contributed by atoms with E-state index in [0.29, 0.717) is 17.0 Å². The molecule has 0 amide bonds. The van der Waals surface area contributed by atoms with Crippen molar-refractivity contribution < 1.29 is 14.9 Å². The van der Waals surface area contributed by atoms with Gasteiger partial charge in [-0.2, -0.15) is 5.10 Å². The molecule has 1 aliphatic rings. The fourth-order valence-electron chi connectivity index (χ4n) is 2.50. The number of aromatic nitrogens is 3. The van der Waals surface area contributed by atoms with Crippen LogP contribution in [-0.2, 0) is 4.74 Å². The van der Waals surface area contributed by atoms with Gasteiger partial charge in [-0.05, 0) is 17.7 Å². The van der Waals surface area contributed by atoms with Crippen molar-refractivity contribution in [2.24, 2.45) is 5.11 Å². The third-order valence-corrected chi connectivity index (χ3v) is 3.59. The number of aliphatic hydroxyl groups is 2. The Morgan fingerprint density at radius 3 is 3.14 bits per heavy atom. The van der Waals surface area contributed by atoms with Crippen LogP contribution in [0.2, 0.25) is 0 Å². The minimum Gasteiger partial charge on any atom is -0.393 e. The van der Waals surface area contributed by atoms with Gasteiger partial charge in [0.05, 0.1) is 18.4 Å². The molecule has 1 saturated heterocycles. The predicted octanol–water partition coefficient (Wildman–Crippen LogP) is 0.133. The van der Waals surface area contributed by atoms with Crippen LogP contribution >= 0.6 is 0 Å². The fraction of sp³-hybridized carbons (Fsp3) is 0.455. The van der Waals surface area contributed by atoms with Crippen LogP contribution in [0.4, 0.5) is 5.82 Å². The van der Waals surface area contributed by atoms with E-state index >= 15 is 0 Å². The van der Waals surface area contributed by atoms with Crippen molar-refractivity contribution in [3.05, 3.63) is 34.6 Å². The smallest absolute Gasteiger partial charge is 0.196 e. The number of nitrogens with two attached hydrogens (primary N) is 1. The second kappa shape index (κ2) is 4.86. The fourth-order valence-corrected chi connectivity index (χ4v) is 2.50. The first-order valence-corrected chi connectivity index (χ1v) is 6.22. The van der Waals surface area contributed by atoms with Gasteiger partial charge in [0.25, 0.3) is 0 Å². The number of aliphatic hydroxyl groups excluding tert-OH is 2. The summed E-state index contributed by atoms with van der Waals surface area (Å²) in [6.07, 6.45) is -0.234. The Morgan fingerprint density at radius 1 is 1.62 bits per heavy atom. The van der Waals surface area contributed by atoms with Gasteiger partial charge in [-0.3, -0.25) is 0 Å². The summed E-state index contributed by atoms with van der Waals surface area (Å²) in [5, 5.41) is 26.9. The molecule has 0 spiro atoms. The van der Waals surface area contributed by atoms with Gasteiger partial charge in [-0.1, -0.05) is 5.11 Å². The van der Waals surface area contributed by atoms with E-state index in [4.69, 9.17) is 16.0 Å². The van der Waals surface area contributed by atoms with Crippen LogP contribution in [0.25, 0.3) is 16.0 Å². The van der Waals surface area contributed by atoms with Crippen LogP contribution in [0, 0.1) is 0 Å². The molecule has 2 aromatic heterocycles. The number of ether oxygens (including phenoxy) is 1. The van der Waals surface area contributed by atoms with Gasteiger partial charge in [0, 0.05) is 11.3 Å². The van der Waals surface area contributed by atoms with Crippen molar-refractivity contribution in [1.29, 1.82) is 0 Å². The molecule has 1 fully saturated rings. The zero-order valence-electron chi connectivity index (χ0n) is 10.9. The molecule has 2 aromatic rings. The van der Waals surface area contributed by atoms with E-state index in [1.165, 1.54) is 6.33 Å². The first kappa shape index (κ1) is 13.6. The number of fused-ring (bicyclic) bond motifs is 1. The molecule has 0 saturated carbocycles. The number of azide groups is 1. The molecule has 3 atom stereocenters. The van der Waals surface area contributed by atoms with E-state index in [2.05, 4.69) is 20.1 Å². The molecule has 10 nitrogen and oxygen atoms in total. The van der Waals surface area contributed by atoms with Crippen LogP contribution < -0.4 is 5.73 Å². The Kier molecular flexibility index (Phi) is 3.15. The summed E-state index contributed by atoms with van der Waals surface area (Å²) in [7, 11) is 0. The molecular weight excluding hydrogens is 278 g/mol. The van der Waals surface area contributed by atoms with Gasteiger partial charge in [-0.25, -0.2) is 9.50 Å². The average molecular weight is 291 g/mol. The molecule has 0 radical (unpaired) electrons. The van der Waals surface area contributed by atoms with Crippen LogP contribution in [0.5, 0.6) is 0 Å². The maximum absolute atomic E-state index is 10.0. The summed E-state index contributed by atoms with van der Waals surface area (Å²) >= 11 is 0. The monoisotopic (exact) mass is 291 g/mol. The van der Waals surface area contributed by atoms with E-state index in [1.54, 1.807) is 16.6 Å². The van der Waals surface area contributed by atoms with E-state index in [0.717, 1.165) is 0 Å². The summed E-state index contributed by atoms with van der Waals surface area (Å²) in [5.74, 6) is 0.318. The molecule has 0 aromatic carbocycles. The third kappa shape index (κ3) is 1.98. The number of nitrogens with zero attached hydrogens (tertiary/aromatic N) is 6. The zero-order valence-corrected chi connectivity index (χ0v) is 10.9. The van der Waals surface area contributed by atoms with Gasteiger partial charge in [0.15, 0.2) is 11.5 Å². The minimum atomic E-state index is -1.68. The molecule has 0 unspecified atom stereocenters. The lowest BCUT2D eigenvalue weighted by molar-refractivity contribution is -0.108. The Labute approximate surface area is 118 Å². The minimum absolute atomic E-state index is 0.162. The normalized spacial score (nSPS) is 28.7. The second-order valence-corrected chi connectivity index (χ2v) is 4.75. The number of anilines is 1. The predicted molar refractivity (Wildman–Crippen MR) is 70.8 cm³/mol. The van der Waals surface area contributed by atoms with Crippen molar-refractivity contribution in [3.8, 4) is 0 Å².